The first-order chi connectivity index (χ1) is 13.2. The average molecular weight is 404 g/mol. The molecule has 0 radical (unpaired) electrons. The van der Waals surface area contributed by atoms with Crippen molar-refractivity contribution >= 4 is 29.6 Å². The van der Waals surface area contributed by atoms with Crippen molar-refractivity contribution in [2.75, 3.05) is 0 Å². The SMILES string of the molecule is C[C@H](SC1=C(C#N)C(C)(C)[C@H](C#N)C(=O)N1)C(=O)NC(=O)NC1CCCCC1. The molecule has 0 unspecified atom stereocenters. The highest BCUT2D eigenvalue weighted by molar-refractivity contribution is 8.04. The molecule has 0 spiro atoms. The van der Waals surface area contributed by atoms with Crippen molar-refractivity contribution in [3.63, 3.8) is 0 Å². The van der Waals surface area contributed by atoms with Crippen LogP contribution in [0.2, 0.25) is 0 Å². The Morgan fingerprint density at radius 2 is 1.89 bits per heavy atom. The number of amides is 4. The van der Waals surface area contributed by atoms with Crippen LogP contribution in [0.1, 0.15) is 52.9 Å². The van der Waals surface area contributed by atoms with E-state index in [1.54, 1.807) is 20.8 Å². The fourth-order valence-corrected chi connectivity index (χ4v) is 4.53. The molecule has 2 aliphatic rings. The number of carbonyl (C=O) groups is 3. The summed E-state index contributed by atoms with van der Waals surface area (Å²) in [6.45, 7) is 4.90. The normalized spacial score (nSPS) is 23.0. The Kier molecular flexibility index (Phi) is 7.09. The summed E-state index contributed by atoms with van der Waals surface area (Å²) in [7, 11) is 0. The zero-order chi connectivity index (χ0) is 20.9. The van der Waals surface area contributed by atoms with Gasteiger partial charge in [-0.3, -0.25) is 14.9 Å². The number of imide groups is 1. The van der Waals surface area contributed by atoms with Crippen LogP contribution >= 0.6 is 11.8 Å². The van der Waals surface area contributed by atoms with Gasteiger partial charge in [0.05, 0.1) is 28.0 Å². The Morgan fingerprint density at radius 3 is 2.46 bits per heavy atom. The van der Waals surface area contributed by atoms with E-state index in [9.17, 15) is 24.9 Å². The molecule has 1 heterocycles. The zero-order valence-corrected chi connectivity index (χ0v) is 17.1. The molecule has 1 fully saturated rings. The van der Waals surface area contributed by atoms with E-state index in [0.29, 0.717) is 0 Å². The summed E-state index contributed by atoms with van der Waals surface area (Å²) in [5.41, 5.74) is -0.724. The number of thioether (sulfide) groups is 1. The van der Waals surface area contributed by atoms with Gasteiger partial charge in [-0.2, -0.15) is 10.5 Å². The number of hydrogen-bond donors (Lipinski definition) is 3. The maximum atomic E-state index is 12.4. The predicted molar refractivity (Wildman–Crippen MR) is 104 cm³/mol. The van der Waals surface area contributed by atoms with Crippen LogP contribution in [-0.4, -0.2) is 29.1 Å². The molecular weight excluding hydrogens is 378 g/mol. The minimum atomic E-state index is -0.989. The van der Waals surface area contributed by atoms with Crippen LogP contribution in [0.25, 0.3) is 0 Å². The van der Waals surface area contributed by atoms with E-state index in [2.05, 4.69) is 22.0 Å². The van der Waals surface area contributed by atoms with Gasteiger partial charge in [-0.15, -0.1) is 0 Å². The number of hydrogen-bond acceptors (Lipinski definition) is 6. The van der Waals surface area contributed by atoms with E-state index in [1.807, 2.05) is 6.07 Å². The summed E-state index contributed by atoms with van der Waals surface area (Å²) in [4.78, 5) is 36.6. The molecule has 2 atom stereocenters. The molecule has 0 aromatic rings. The smallest absolute Gasteiger partial charge is 0.321 e. The summed E-state index contributed by atoms with van der Waals surface area (Å²) in [6.07, 6.45) is 5.11. The first kappa shape index (κ1) is 21.8. The zero-order valence-electron chi connectivity index (χ0n) is 16.3. The molecular formula is C19H25N5O3S. The van der Waals surface area contributed by atoms with E-state index in [4.69, 9.17) is 0 Å². The minimum Gasteiger partial charge on any atom is -0.335 e. The van der Waals surface area contributed by atoms with Gasteiger partial charge in [0.1, 0.15) is 5.92 Å². The number of nitrogens with one attached hydrogen (secondary N) is 3. The fourth-order valence-electron chi connectivity index (χ4n) is 3.43. The van der Waals surface area contributed by atoms with E-state index in [1.165, 1.54) is 0 Å². The number of nitrogens with zero attached hydrogens (tertiary/aromatic N) is 2. The first-order valence-electron chi connectivity index (χ1n) is 9.34. The van der Waals surface area contributed by atoms with Crippen molar-refractivity contribution < 1.29 is 14.4 Å². The Hall–Kier alpha value is -2.52. The molecule has 1 aliphatic carbocycles. The molecule has 0 saturated heterocycles. The highest BCUT2D eigenvalue weighted by atomic mass is 32.2. The Balaban J connectivity index is 2.03. The van der Waals surface area contributed by atoms with Gasteiger partial charge in [0.15, 0.2) is 0 Å². The lowest BCUT2D eigenvalue weighted by molar-refractivity contribution is -0.125. The van der Waals surface area contributed by atoms with Crippen LogP contribution in [0.3, 0.4) is 0 Å². The van der Waals surface area contributed by atoms with E-state index >= 15 is 0 Å². The van der Waals surface area contributed by atoms with Crippen molar-refractivity contribution in [3.05, 3.63) is 10.6 Å². The van der Waals surface area contributed by atoms with Gasteiger partial charge in [-0.05, 0) is 19.8 Å². The average Bonchev–Trinajstić information content (AvgIpc) is 2.62. The van der Waals surface area contributed by atoms with Crippen LogP contribution in [0.4, 0.5) is 4.79 Å². The van der Waals surface area contributed by atoms with Crippen molar-refractivity contribution in [1.82, 2.24) is 16.0 Å². The van der Waals surface area contributed by atoms with Crippen molar-refractivity contribution in [1.29, 1.82) is 10.5 Å². The molecule has 9 heteroatoms. The van der Waals surface area contributed by atoms with Crippen LogP contribution in [-0.2, 0) is 9.59 Å². The second-order valence-electron chi connectivity index (χ2n) is 7.65. The third-order valence-electron chi connectivity index (χ3n) is 5.17. The van der Waals surface area contributed by atoms with Gasteiger partial charge in [0.2, 0.25) is 11.8 Å². The van der Waals surface area contributed by atoms with Crippen LogP contribution < -0.4 is 16.0 Å². The summed E-state index contributed by atoms with van der Waals surface area (Å²) in [6, 6.07) is 3.53. The molecule has 1 saturated carbocycles. The molecule has 0 aromatic carbocycles. The topological polar surface area (TPSA) is 135 Å². The summed E-state index contributed by atoms with van der Waals surface area (Å²) in [5.74, 6) is -2.01. The maximum Gasteiger partial charge on any atom is 0.321 e. The molecule has 4 amide bonds. The predicted octanol–water partition coefficient (Wildman–Crippen LogP) is 2.30. The van der Waals surface area contributed by atoms with E-state index in [-0.39, 0.29) is 16.6 Å². The largest absolute Gasteiger partial charge is 0.335 e. The lowest BCUT2D eigenvalue weighted by Gasteiger charge is -2.35. The number of carbonyl (C=O) groups excluding carboxylic acids is 3. The Bertz CT molecular complexity index is 771. The molecule has 0 aromatic heterocycles. The molecule has 8 nitrogen and oxygen atoms in total. The molecule has 0 bridgehead atoms. The second kappa shape index (κ2) is 9.11. The minimum absolute atomic E-state index is 0.0822. The monoisotopic (exact) mass is 403 g/mol. The van der Waals surface area contributed by atoms with Gasteiger partial charge in [0, 0.05) is 11.5 Å². The van der Waals surface area contributed by atoms with Gasteiger partial charge in [-0.25, -0.2) is 4.79 Å². The third kappa shape index (κ3) is 4.85. The summed E-state index contributed by atoms with van der Waals surface area (Å²) in [5, 5.41) is 26.0. The van der Waals surface area contributed by atoms with Crippen LogP contribution in [0.15, 0.2) is 10.6 Å². The highest BCUT2D eigenvalue weighted by Crippen LogP contribution is 2.42. The molecule has 28 heavy (non-hydrogen) atoms. The lowest BCUT2D eigenvalue weighted by atomic mass is 9.72. The van der Waals surface area contributed by atoms with Crippen molar-refractivity contribution in [2.24, 2.45) is 11.3 Å². The quantitative estimate of drug-likeness (QED) is 0.659. The van der Waals surface area contributed by atoms with Gasteiger partial charge >= 0.3 is 6.03 Å². The Labute approximate surface area is 169 Å². The fraction of sp³-hybridized carbons (Fsp3) is 0.632. The number of nitriles is 2. The van der Waals surface area contributed by atoms with Gasteiger partial charge in [-0.1, -0.05) is 44.9 Å². The molecule has 1 aliphatic heterocycles. The van der Waals surface area contributed by atoms with Crippen LogP contribution in [0, 0.1) is 34.0 Å². The summed E-state index contributed by atoms with van der Waals surface area (Å²) < 4.78 is 0. The van der Waals surface area contributed by atoms with Crippen LogP contribution in [0.5, 0.6) is 0 Å². The van der Waals surface area contributed by atoms with E-state index in [0.717, 1.165) is 43.9 Å². The lowest BCUT2D eigenvalue weighted by Crippen LogP contribution is -2.48. The number of allylic oxidation sites excluding steroid dienone is 1. The molecule has 150 valence electrons. The Morgan fingerprint density at radius 1 is 1.25 bits per heavy atom. The second-order valence-corrected chi connectivity index (χ2v) is 9.00. The van der Waals surface area contributed by atoms with Crippen molar-refractivity contribution in [3.8, 4) is 12.1 Å². The van der Waals surface area contributed by atoms with Gasteiger partial charge in [0.25, 0.3) is 0 Å². The first-order valence-corrected chi connectivity index (χ1v) is 10.2. The van der Waals surface area contributed by atoms with E-state index < -0.39 is 34.4 Å². The maximum absolute atomic E-state index is 12.4. The van der Waals surface area contributed by atoms with Gasteiger partial charge < -0.3 is 10.6 Å². The number of rotatable bonds is 4. The number of urea groups is 1. The molecule has 2 rings (SSSR count). The molecule has 3 N–H and O–H groups in total. The van der Waals surface area contributed by atoms with Crippen molar-refractivity contribution in [2.45, 2.75) is 64.2 Å². The summed E-state index contributed by atoms with van der Waals surface area (Å²) >= 11 is 0.992. The third-order valence-corrected chi connectivity index (χ3v) is 6.28. The highest BCUT2D eigenvalue weighted by Gasteiger charge is 2.45. The standard InChI is InChI=1S/C19H25N5O3S/c1-11(15(25)24-18(27)22-12-7-5-4-6-8-12)28-17-14(10-21)19(2,3)13(9-20)16(26)23-17/h11-13H,4-8H2,1-3H3,(H,23,26)(H2,22,24,25,27)/t11-,13+/m0/s1.